The Labute approximate surface area is 256 Å². The molecule has 16 heteroatoms. The summed E-state index contributed by atoms with van der Waals surface area (Å²) < 4.78 is 52.0. The molecule has 13 nitrogen and oxygen atoms in total. The lowest BCUT2D eigenvalue weighted by Gasteiger charge is -2.19. The fourth-order valence-corrected chi connectivity index (χ4v) is 4.32. The Kier molecular flexibility index (Phi) is 12.5. The van der Waals surface area contributed by atoms with Gasteiger partial charge in [0, 0.05) is 24.6 Å². The van der Waals surface area contributed by atoms with E-state index in [1.807, 2.05) is 0 Å². The molecule has 0 saturated heterocycles. The monoisotopic (exact) mass is 649 g/mol. The number of amides is 2. The molecule has 1 unspecified atom stereocenters. The Balaban J connectivity index is 1.61. The van der Waals surface area contributed by atoms with Crippen molar-refractivity contribution in [1.82, 2.24) is 10.6 Å². The summed E-state index contributed by atoms with van der Waals surface area (Å²) in [4.78, 5) is 57.0. The Morgan fingerprint density at radius 1 is 1.02 bits per heavy atom. The summed E-state index contributed by atoms with van der Waals surface area (Å²) in [5.74, 6) is -1.29. The van der Waals surface area contributed by atoms with Gasteiger partial charge in [-0.15, -0.1) is 0 Å². The number of hydrogen-bond donors (Lipinski definition) is 3. The first kappa shape index (κ1) is 34.6. The van der Waals surface area contributed by atoms with E-state index in [-0.39, 0.29) is 61.1 Å². The smallest absolute Gasteiger partial charge is 0.442 e. The van der Waals surface area contributed by atoms with Crippen LogP contribution in [0.15, 0.2) is 72.8 Å². The number of ether oxygens (including phenoxy) is 2. The standard InChI is InChI=1S/C29H30F2N3O10P/c1-19(35)22-10-13-26(25(17-22)34(38)39)42-15-5-14-32-27(36)24(33-29(37)43-18-21-6-3-2-4-7-21)16-20-8-11-23(12-9-20)44-45(40,41)28(30)31/h2-4,6-13,17,24,28H,5,14-16,18H2,1H3,(H,32,36)(H,33,37)(H,40,41)/t24-/m0/s1. The van der Waals surface area contributed by atoms with Gasteiger partial charge in [-0.3, -0.25) is 19.7 Å². The van der Waals surface area contributed by atoms with Gasteiger partial charge < -0.3 is 29.5 Å². The van der Waals surface area contributed by atoms with Gasteiger partial charge in [0.1, 0.15) is 18.4 Å². The van der Waals surface area contributed by atoms with E-state index in [1.54, 1.807) is 30.3 Å². The Bertz CT molecular complexity index is 1540. The maximum absolute atomic E-state index is 13.0. The lowest BCUT2D eigenvalue weighted by atomic mass is 10.1. The van der Waals surface area contributed by atoms with Crippen molar-refractivity contribution in [2.45, 2.75) is 38.6 Å². The summed E-state index contributed by atoms with van der Waals surface area (Å²) in [5.41, 5.74) is 0.939. The third kappa shape index (κ3) is 11.0. The van der Waals surface area contributed by atoms with Crippen molar-refractivity contribution < 1.29 is 51.5 Å². The van der Waals surface area contributed by atoms with Crippen LogP contribution in [0.4, 0.5) is 19.3 Å². The number of ketones is 1. The normalized spacial score (nSPS) is 12.8. The molecule has 3 N–H and O–H groups in total. The van der Waals surface area contributed by atoms with Crippen molar-refractivity contribution in [2.75, 3.05) is 13.2 Å². The van der Waals surface area contributed by atoms with Gasteiger partial charge in [-0.25, -0.2) is 9.36 Å². The minimum atomic E-state index is -5.18. The molecule has 3 aromatic rings. The zero-order valence-electron chi connectivity index (χ0n) is 23.9. The molecule has 0 aliphatic carbocycles. The largest absolute Gasteiger partial charge is 0.487 e. The van der Waals surface area contributed by atoms with Gasteiger partial charge in [-0.1, -0.05) is 42.5 Å². The molecule has 0 saturated carbocycles. The van der Waals surface area contributed by atoms with E-state index in [1.165, 1.54) is 43.3 Å². The molecule has 0 heterocycles. The quantitative estimate of drug-likeness (QED) is 0.0627. The highest BCUT2D eigenvalue weighted by Crippen LogP contribution is 2.48. The molecule has 0 fully saturated rings. The maximum atomic E-state index is 13.0. The second-order valence-electron chi connectivity index (χ2n) is 9.53. The number of nitrogens with zero attached hydrogens (tertiary/aromatic N) is 1. The molecule has 0 bridgehead atoms. The number of alkyl carbamates (subject to hydrolysis) is 1. The molecular weight excluding hydrogens is 619 g/mol. The Hall–Kier alpha value is -4.88. The van der Waals surface area contributed by atoms with Crippen LogP contribution in [-0.2, 0) is 27.1 Å². The van der Waals surface area contributed by atoms with Crippen molar-refractivity contribution >= 4 is 31.1 Å². The molecular formula is C29H30F2N3O10P. The molecule has 45 heavy (non-hydrogen) atoms. The van der Waals surface area contributed by atoms with Crippen LogP contribution in [0.3, 0.4) is 0 Å². The van der Waals surface area contributed by atoms with Crippen LogP contribution >= 0.6 is 7.60 Å². The number of carbonyl (C=O) groups excluding carboxylic acids is 3. The van der Waals surface area contributed by atoms with Gasteiger partial charge in [-0.05, 0) is 48.7 Å². The molecule has 0 aromatic heterocycles. The first-order chi connectivity index (χ1) is 21.4. The van der Waals surface area contributed by atoms with Crippen LogP contribution in [0.5, 0.6) is 11.5 Å². The number of benzene rings is 3. The zero-order chi connectivity index (χ0) is 33.0. The highest BCUT2D eigenvalue weighted by Gasteiger charge is 2.34. The summed E-state index contributed by atoms with van der Waals surface area (Å²) in [6.45, 7) is 1.26. The van der Waals surface area contributed by atoms with Crippen molar-refractivity contribution in [3.05, 3.63) is 99.6 Å². The highest BCUT2D eigenvalue weighted by atomic mass is 31.2. The summed E-state index contributed by atoms with van der Waals surface area (Å²) in [6.07, 6.45) is -4.34. The van der Waals surface area contributed by atoms with Gasteiger partial charge in [0.25, 0.3) is 0 Å². The van der Waals surface area contributed by atoms with Crippen LogP contribution in [0.1, 0.15) is 34.8 Å². The first-order valence-electron chi connectivity index (χ1n) is 13.4. The number of rotatable bonds is 16. The van der Waals surface area contributed by atoms with Crippen molar-refractivity contribution in [3.8, 4) is 11.5 Å². The second kappa shape index (κ2) is 16.3. The third-order valence-corrected chi connectivity index (χ3v) is 7.07. The number of carbonyl (C=O) groups is 3. The van der Waals surface area contributed by atoms with E-state index < -0.39 is 36.7 Å². The van der Waals surface area contributed by atoms with E-state index in [0.29, 0.717) is 11.1 Å². The summed E-state index contributed by atoms with van der Waals surface area (Å²) in [6, 6.07) is 16.6. The summed E-state index contributed by atoms with van der Waals surface area (Å²) >= 11 is 0. The Morgan fingerprint density at radius 3 is 2.33 bits per heavy atom. The Morgan fingerprint density at radius 2 is 1.71 bits per heavy atom. The van der Waals surface area contributed by atoms with Crippen LogP contribution in [-0.4, -0.2) is 53.0 Å². The van der Waals surface area contributed by atoms with E-state index in [0.717, 1.165) is 6.07 Å². The molecule has 3 rings (SSSR count). The van der Waals surface area contributed by atoms with E-state index in [9.17, 15) is 42.7 Å². The predicted octanol–water partition coefficient (Wildman–Crippen LogP) is 5.01. The molecule has 2 atom stereocenters. The molecule has 0 radical (unpaired) electrons. The fraction of sp³-hybridized carbons (Fsp3) is 0.276. The van der Waals surface area contributed by atoms with E-state index in [2.05, 4.69) is 15.2 Å². The SMILES string of the molecule is CC(=O)c1ccc(OCCCNC(=O)[C@H](Cc2ccc(OP(=O)(O)C(F)F)cc2)NC(=O)OCc2ccccc2)c([N+](=O)[O-])c1. The first-order valence-corrected chi connectivity index (χ1v) is 15.1. The molecule has 0 aliphatic rings. The average Bonchev–Trinajstić information content (AvgIpc) is 3.00. The second-order valence-corrected chi connectivity index (χ2v) is 11.2. The lowest BCUT2D eigenvalue weighted by Crippen LogP contribution is -2.48. The van der Waals surface area contributed by atoms with Crippen LogP contribution in [0.25, 0.3) is 0 Å². The molecule has 0 aliphatic heterocycles. The predicted molar refractivity (Wildman–Crippen MR) is 156 cm³/mol. The van der Waals surface area contributed by atoms with E-state index >= 15 is 0 Å². The summed E-state index contributed by atoms with van der Waals surface area (Å²) in [5, 5.41) is 16.5. The highest BCUT2D eigenvalue weighted by molar-refractivity contribution is 7.53. The number of alkyl halides is 2. The van der Waals surface area contributed by atoms with Gasteiger partial charge in [0.15, 0.2) is 11.5 Å². The maximum Gasteiger partial charge on any atom is 0.442 e. The zero-order valence-corrected chi connectivity index (χ0v) is 24.8. The van der Waals surface area contributed by atoms with Crippen molar-refractivity contribution in [3.63, 3.8) is 0 Å². The number of Topliss-reactive ketones (excluding diaryl/α,β-unsaturated/α-hetero) is 1. The lowest BCUT2D eigenvalue weighted by molar-refractivity contribution is -0.385. The fourth-order valence-electron chi connectivity index (χ4n) is 3.82. The molecule has 240 valence electrons. The molecule has 3 aromatic carbocycles. The van der Waals surface area contributed by atoms with E-state index in [4.69, 9.17) is 9.47 Å². The topological polar surface area (TPSA) is 183 Å². The van der Waals surface area contributed by atoms with Crippen LogP contribution in [0.2, 0.25) is 0 Å². The number of halogens is 2. The van der Waals surface area contributed by atoms with Crippen LogP contribution in [0, 0.1) is 10.1 Å². The van der Waals surface area contributed by atoms with Gasteiger partial charge in [0.05, 0.1) is 11.5 Å². The van der Waals surface area contributed by atoms with Gasteiger partial charge >= 0.3 is 25.5 Å². The van der Waals surface area contributed by atoms with Crippen molar-refractivity contribution in [1.29, 1.82) is 0 Å². The van der Waals surface area contributed by atoms with Crippen molar-refractivity contribution in [2.24, 2.45) is 0 Å². The number of nitrogens with one attached hydrogen (secondary N) is 2. The average molecular weight is 650 g/mol. The minimum absolute atomic E-state index is 0.0213. The number of hydrogen-bond acceptors (Lipinski definition) is 9. The molecule has 2 amide bonds. The number of nitro groups is 1. The third-order valence-electron chi connectivity index (χ3n) is 6.11. The van der Waals surface area contributed by atoms with Gasteiger partial charge in [0.2, 0.25) is 5.91 Å². The summed E-state index contributed by atoms with van der Waals surface area (Å²) in [7, 11) is -5.18. The van der Waals surface area contributed by atoms with Crippen LogP contribution < -0.4 is 19.9 Å². The number of nitro benzene ring substituents is 1. The van der Waals surface area contributed by atoms with Gasteiger partial charge in [-0.2, -0.15) is 8.78 Å². The molecule has 0 spiro atoms. The minimum Gasteiger partial charge on any atom is -0.487 e.